The number of aliphatic hydroxyl groups is 1. The SMILES string of the molecule is CC(=O)c1ccc(N(C)C)cc1OCC(O)c1ccccc1. The minimum atomic E-state index is -0.732. The molecular weight excluding hydrogens is 278 g/mol. The van der Waals surface area contributed by atoms with E-state index >= 15 is 0 Å². The van der Waals surface area contributed by atoms with Crippen molar-refractivity contribution >= 4 is 11.5 Å². The van der Waals surface area contributed by atoms with Gasteiger partial charge in [0.1, 0.15) is 18.5 Å². The summed E-state index contributed by atoms with van der Waals surface area (Å²) in [7, 11) is 3.84. The monoisotopic (exact) mass is 299 g/mol. The summed E-state index contributed by atoms with van der Waals surface area (Å²) in [5.74, 6) is 0.434. The molecule has 0 spiro atoms. The Morgan fingerprint density at radius 2 is 1.86 bits per heavy atom. The molecule has 1 N–H and O–H groups in total. The van der Waals surface area contributed by atoms with Gasteiger partial charge in [-0.25, -0.2) is 0 Å². The molecule has 0 fully saturated rings. The maximum atomic E-state index is 11.7. The number of rotatable bonds is 6. The van der Waals surface area contributed by atoms with Gasteiger partial charge >= 0.3 is 0 Å². The van der Waals surface area contributed by atoms with Crippen LogP contribution in [-0.2, 0) is 0 Å². The van der Waals surface area contributed by atoms with Gasteiger partial charge in [-0.15, -0.1) is 0 Å². The highest BCUT2D eigenvalue weighted by molar-refractivity contribution is 5.97. The smallest absolute Gasteiger partial charge is 0.163 e. The fourth-order valence-corrected chi connectivity index (χ4v) is 2.14. The second kappa shape index (κ2) is 7.09. The molecule has 22 heavy (non-hydrogen) atoms. The van der Waals surface area contributed by atoms with Crippen LogP contribution in [0.1, 0.15) is 28.9 Å². The molecule has 0 saturated carbocycles. The topological polar surface area (TPSA) is 49.8 Å². The molecule has 0 aliphatic carbocycles. The molecule has 1 atom stereocenters. The summed E-state index contributed by atoms with van der Waals surface area (Å²) >= 11 is 0. The van der Waals surface area contributed by atoms with Crippen LogP contribution in [0, 0.1) is 0 Å². The molecule has 0 bridgehead atoms. The van der Waals surface area contributed by atoms with Gasteiger partial charge in [0, 0.05) is 25.8 Å². The molecule has 0 heterocycles. The average Bonchev–Trinajstić information content (AvgIpc) is 2.52. The van der Waals surface area contributed by atoms with Crippen LogP contribution >= 0.6 is 0 Å². The van der Waals surface area contributed by atoms with Gasteiger partial charge in [0.15, 0.2) is 5.78 Å². The number of nitrogens with zero attached hydrogens (tertiary/aromatic N) is 1. The quantitative estimate of drug-likeness (QED) is 0.833. The normalized spacial score (nSPS) is 11.8. The number of carbonyl (C=O) groups excluding carboxylic acids is 1. The van der Waals surface area contributed by atoms with Crippen LogP contribution < -0.4 is 9.64 Å². The zero-order valence-corrected chi connectivity index (χ0v) is 13.1. The molecule has 4 nitrogen and oxygen atoms in total. The predicted octanol–water partition coefficient (Wildman–Crippen LogP) is 3.07. The van der Waals surface area contributed by atoms with Crippen molar-refractivity contribution in [3.05, 3.63) is 59.7 Å². The van der Waals surface area contributed by atoms with Crippen molar-refractivity contribution in [3.8, 4) is 5.75 Å². The van der Waals surface area contributed by atoms with Crippen LogP contribution in [0.4, 0.5) is 5.69 Å². The van der Waals surface area contributed by atoms with Crippen molar-refractivity contribution < 1.29 is 14.6 Å². The number of hydrogen-bond acceptors (Lipinski definition) is 4. The van der Waals surface area contributed by atoms with Gasteiger partial charge in [-0.05, 0) is 24.6 Å². The van der Waals surface area contributed by atoms with E-state index in [1.165, 1.54) is 6.92 Å². The van der Waals surface area contributed by atoms with E-state index in [4.69, 9.17) is 4.74 Å². The summed E-state index contributed by atoms with van der Waals surface area (Å²) in [6.07, 6.45) is -0.732. The Hall–Kier alpha value is -2.33. The lowest BCUT2D eigenvalue weighted by Crippen LogP contribution is -2.13. The third-order valence-electron chi connectivity index (χ3n) is 3.44. The fraction of sp³-hybridized carbons (Fsp3) is 0.278. The maximum Gasteiger partial charge on any atom is 0.163 e. The first kappa shape index (κ1) is 16.0. The number of ether oxygens (including phenoxy) is 1. The van der Waals surface area contributed by atoms with E-state index in [9.17, 15) is 9.90 Å². The fourth-order valence-electron chi connectivity index (χ4n) is 2.14. The molecule has 1 unspecified atom stereocenters. The summed E-state index contributed by atoms with van der Waals surface area (Å²) in [4.78, 5) is 13.6. The number of aliphatic hydroxyl groups excluding tert-OH is 1. The summed E-state index contributed by atoms with van der Waals surface area (Å²) in [6.45, 7) is 1.60. The van der Waals surface area contributed by atoms with E-state index in [-0.39, 0.29) is 12.4 Å². The zero-order valence-electron chi connectivity index (χ0n) is 13.1. The lowest BCUT2D eigenvalue weighted by molar-refractivity contribution is 0.0977. The highest BCUT2D eigenvalue weighted by Gasteiger charge is 2.13. The maximum absolute atomic E-state index is 11.7. The summed E-state index contributed by atoms with van der Waals surface area (Å²) < 4.78 is 5.71. The van der Waals surface area contributed by atoms with Crippen molar-refractivity contribution in [2.75, 3.05) is 25.6 Å². The minimum Gasteiger partial charge on any atom is -0.490 e. The molecule has 2 aromatic rings. The van der Waals surface area contributed by atoms with E-state index in [1.54, 1.807) is 6.07 Å². The molecule has 0 aliphatic heterocycles. The van der Waals surface area contributed by atoms with Gasteiger partial charge in [0.05, 0.1) is 5.56 Å². The van der Waals surface area contributed by atoms with Crippen molar-refractivity contribution in [1.29, 1.82) is 0 Å². The number of carbonyl (C=O) groups is 1. The van der Waals surface area contributed by atoms with Crippen molar-refractivity contribution in [2.45, 2.75) is 13.0 Å². The van der Waals surface area contributed by atoms with E-state index < -0.39 is 6.10 Å². The third-order valence-corrected chi connectivity index (χ3v) is 3.44. The highest BCUT2D eigenvalue weighted by Crippen LogP contribution is 2.26. The number of hydrogen-bond donors (Lipinski definition) is 1. The van der Waals surface area contributed by atoms with E-state index in [0.717, 1.165) is 11.3 Å². The largest absolute Gasteiger partial charge is 0.490 e. The first-order valence-electron chi connectivity index (χ1n) is 7.17. The van der Waals surface area contributed by atoms with Crippen molar-refractivity contribution in [2.24, 2.45) is 0 Å². The Labute approximate surface area is 131 Å². The van der Waals surface area contributed by atoms with Gasteiger partial charge in [-0.2, -0.15) is 0 Å². The molecule has 4 heteroatoms. The number of anilines is 1. The van der Waals surface area contributed by atoms with Crippen LogP contribution in [0.5, 0.6) is 5.75 Å². The number of ketones is 1. The molecule has 116 valence electrons. The van der Waals surface area contributed by atoms with Crippen LogP contribution in [0.2, 0.25) is 0 Å². The molecule has 0 aliphatic rings. The Kier molecular flexibility index (Phi) is 5.17. The summed E-state index contributed by atoms with van der Waals surface area (Å²) in [6, 6.07) is 14.8. The molecular formula is C18H21NO3. The van der Waals surface area contributed by atoms with Crippen LogP contribution in [0.25, 0.3) is 0 Å². The Balaban J connectivity index is 2.17. The summed E-state index contributed by atoms with van der Waals surface area (Å²) in [5, 5.41) is 10.2. The van der Waals surface area contributed by atoms with Crippen molar-refractivity contribution in [1.82, 2.24) is 0 Å². The van der Waals surface area contributed by atoms with Crippen LogP contribution in [0.15, 0.2) is 48.5 Å². The lowest BCUT2D eigenvalue weighted by Gasteiger charge is -2.18. The van der Waals surface area contributed by atoms with E-state index in [1.807, 2.05) is 61.5 Å². The van der Waals surface area contributed by atoms with Crippen LogP contribution in [-0.4, -0.2) is 31.6 Å². The van der Waals surface area contributed by atoms with Gasteiger partial charge in [-0.1, -0.05) is 30.3 Å². The Morgan fingerprint density at radius 3 is 2.45 bits per heavy atom. The second-order valence-electron chi connectivity index (χ2n) is 5.37. The third kappa shape index (κ3) is 3.86. The average molecular weight is 299 g/mol. The molecule has 0 saturated heterocycles. The zero-order chi connectivity index (χ0) is 16.1. The second-order valence-corrected chi connectivity index (χ2v) is 5.37. The predicted molar refractivity (Wildman–Crippen MR) is 87.7 cm³/mol. The van der Waals surface area contributed by atoms with Gasteiger partial charge in [-0.3, -0.25) is 4.79 Å². The molecule has 0 amide bonds. The summed E-state index contributed by atoms with van der Waals surface area (Å²) in [5.41, 5.74) is 2.25. The minimum absolute atomic E-state index is 0.0606. The van der Waals surface area contributed by atoms with Crippen LogP contribution in [0.3, 0.4) is 0 Å². The van der Waals surface area contributed by atoms with E-state index in [0.29, 0.717) is 11.3 Å². The number of Topliss-reactive ketones (excluding diaryl/α,β-unsaturated/α-hetero) is 1. The highest BCUT2D eigenvalue weighted by atomic mass is 16.5. The molecule has 2 aromatic carbocycles. The number of benzene rings is 2. The lowest BCUT2D eigenvalue weighted by atomic mass is 10.1. The molecule has 0 radical (unpaired) electrons. The standard InChI is InChI=1S/C18H21NO3/c1-13(20)16-10-9-15(19(2)3)11-18(16)22-12-17(21)14-7-5-4-6-8-14/h4-11,17,21H,12H2,1-3H3. The Bertz CT molecular complexity index is 638. The first-order chi connectivity index (χ1) is 10.5. The van der Waals surface area contributed by atoms with Gasteiger partial charge < -0.3 is 14.7 Å². The Morgan fingerprint density at radius 1 is 1.18 bits per heavy atom. The first-order valence-corrected chi connectivity index (χ1v) is 7.17. The van der Waals surface area contributed by atoms with Gasteiger partial charge in [0.2, 0.25) is 0 Å². The van der Waals surface area contributed by atoms with Gasteiger partial charge in [0.25, 0.3) is 0 Å². The molecule has 2 rings (SSSR count). The van der Waals surface area contributed by atoms with Crippen molar-refractivity contribution in [3.63, 3.8) is 0 Å². The molecule has 0 aromatic heterocycles. The van der Waals surface area contributed by atoms with E-state index in [2.05, 4.69) is 0 Å².